The van der Waals surface area contributed by atoms with E-state index in [1.165, 1.54) is 0 Å². The van der Waals surface area contributed by atoms with E-state index in [1.807, 2.05) is 57.3 Å². The molecule has 5 rings (SSSR count). The van der Waals surface area contributed by atoms with Gasteiger partial charge in [-0.1, -0.05) is 12.1 Å². The van der Waals surface area contributed by atoms with Crippen molar-refractivity contribution in [2.75, 3.05) is 18.4 Å². The van der Waals surface area contributed by atoms with Gasteiger partial charge in [0.15, 0.2) is 0 Å². The first-order valence-corrected chi connectivity index (χ1v) is 13.1. The Hall–Kier alpha value is -3.68. The number of likely N-dealkylation sites (tertiary alicyclic amines) is 1. The number of anilines is 1. The van der Waals surface area contributed by atoms with Crippen LogP contribution in [-0.2, 0) is 4.74 Å². The molecule has 2 aliphatic rings. The smallest absolute Gasteiger partial charge is 0.410 e. The van der Waals surface area contributed by atoms with E-state index in [1.54, 1.807) is 4.90 Å². The molecule has 1 atom stereocenters. The maximum Gasteiger partial charge on any atom is 0.410 e. The second-order valence-electron chi connectivity index (χ2n) is 11.2. The van der Waals surface area contributed by atoms with Gasteiger partial charge < -0.3 is 20.3 Å². The molecular formula is C29H35N5O3. The molecule has 1 aliphatic carbocycles. The maximum atomic E-state index is 12.6. The summed E-state index contributed by atoms with van der Waals surface area (Å²) < 4.78 is 5.54. The summed E-state index contributed by atoms with van der Waals surface area (Å²) in [7, 11) is 0. The van der Waals surface area contributed by atoms with Crippen LogP contribution in [0.3, 0.4) is 0 Å². The lowest BCUT2D eigenvalue weighted by Crippen LogP contribution is -2.47. The second kappa shape index (κ2) is 10.00. The lowest BCUT2D eigenvalue weighted by molar-refractivity contribution is 0.0206. The predicted molar refractivity (Wildman–Crippen MR) is 145 cm³/mol. The van der Waals surface area contributed by atoms with Gasteiger partial charge in [-0.2, -0.15) is 0 Å². The van der Waals surface area contributed by atoms with Gasteiger partial charge in [-0.25, -0.2) is 14.8 Å². The molecule has 37 heavy (non-hydrogen) atoms. The number of amides is 2. The summed E-state index contributed by atoms with van der Waals surface area (Å²) in [6.45, 7) is 8.93. The normalized spacial score (nSPS) is 17.9. The molecule has 0 radical (unpaired) electrons. The van der Waals surface area contributed by atoms with E-state index < -0.39 is 5.60 Å². The average molecular weight is 502 g/mol. The Morgan fingerprint density at radius 3 is 2.62 bits per heavy atom. The zero-order chi connectivity index (χ0) is 26.2. The second-order valence-corrected chi connectivity index (χ2v) is 11.2. The zero-order valence-electron chi connectivity index (χ0n) is 22.0. The molecule has 2 fully saturated rings. The first kappa shape index (κ1) is 25.0. The first-order chi connectivity index (χ1) is 17.6. The summed E-state index contributed by atoms with van der Waals surface area (Å²) in [5.41, 5.74) is 4.15. The molecule has 2 heterocycles. The van der Waals surface area contributed by atoms with E-state index in [-0.39, 0.29) is 18.0 Å². The van der Waals surface area contributed by atoms with Crippen molar-refractivity contribution in [3.8, 4) is 11.1 Å². The average Bonchev–Trinajstić information content (AvgIpc) is 3.67. The van der Waals surface area contributed by atoms with Crippen LogP contribution in [0.5, 0.6) is 0 Å². The third-order valence-corrected chi connectivity index (χ3v) is 6.71. The third kappa shape index (κ3) is 6.18. The van der Waals surface area contributed by atoms with Crippen molar-refractivity contribution in [3.63, 3.8) is 0 Å². The zero-order valence-corrected chi connectivity index (χ0v) is 22.0. The number of aryl methyl sites for hydroxylation is 1. The Morgan fingerprint density at radius 1 is 1.05 bits per heavy atom. The summed E-state index contributed by atoms with van der Waals surface area (Å²) in [5, 5.41) is 7.39. The van der Waals surface area contributed by atoms with Crippen LogP contribution < -0.4 is 10.6 Å². The van der Waals surface area contributed by atoms with Gasteiger partial charge in [-0.05, 0) is 94.3 Å². The Labute approximate surface area is 217 Å². The van der Waals surface area contributed by atoms with Gasteiger partial charge in [0.1, 0.15) is 5.60 Å². The van der Waals surface area contributed by atoms with Crippen molar-refractivity contribution in [1.82, 2.24) is 20.2 Å². The number of rotatable bonds is 5. The number of aromatic nitrogens is 2. The minimum atomic E-state index is -0.513. The maximum absolute atomic E-state index is 12.6. The number of nitrogens with one attached hydrogen (secondary N) is 2. The first-order valence-electron chi connectivity index (χ1n) is 13.1. The Bertz CT molecular complexity index is 1330. The van der Waals surface area contributed by atoms with Gasteiger partial charge >= 0.3 is 6.09 Å². The summed E-state index contributed by atoms with van der Waals surface area (Å²) >= 11 is 0. The van der Waals surface area contributed by atoms with E-state index in [0.29, 0.717) is 30.6 Å². The predicted octanol–water partition coefficient (Wildman–Crippen LogP) is 5.31. The molecule has 3 aromatic rings. The number of fused-ring (bicyclic) bond motifs is 1. The van der Waals surface area contributed by atoms with Crippen molar-refractivity contribution in [1.29, 1.82) is 0 Å². The highest BCUT2D eigenvalue weighted by Gasteiger charge is 2.28. The lowest BCUT2D eigenvalue weighted by Gasteiger charge is -2.34. The van der Waals surface area contributed by atoms with Crippen molar-refractivity contribution in [2.45, 2.75) is 71.1 Å². The van der Waals surface area contributed by atoms with E-state index >= 15 is 0 Å². The Morgan fingerprint density at radius 2 is 1.86 bits per heavy atom. The standard InChI is InChI=1S/C29H35N5O3/c1-18-7-8-20(26(35)31-22-10-11-22)15-24(18)19-9-12-25-21(14-19)16-30-27(33-25)32-23-6-5-13-34(17-23)28(36)37-29(2,3)4/h7-9,12,14-16,22-23H,5-6,10-11,13,17H2,1-4H3,(H,31,35)(H,30,32,33). The molecule has 0 spiro atoms. The van der Waals surface area contributed by atoms with Crippen LogP contribution in [0.15, 0.2) is 42.6 Å². The number of ether oxygens (including phenoxy) is 1. The molecule has 2 amide bonds. The van der Waals surface area contributed by atoms with Gasteiger partial charge in [0.05, 0.1) is 5.52 Å². The highest BCUT2D eigenvalue weighted by Crippen LogP contribution is 2.29. The fourth-order valence-electron chi connectivity index (χ4n) is 4.61. The topological polar surface area (TPSA) is 96.5 Å². The minimum absolute atomic E-state index is 0.0171. The number of carbonyl (C=O) groups is 2. The molecule has 1 aromatic heterocycles. The van der Waals surface area contributed by atoms with Crippen molar-refractivity contribution in [2.24, 2.45) is 0 Å². The third-order valence-electron chi connectivity index (χ3n) is 6.71. The highest BCUT2D eigenvalue weighted by molar-refractivity contribution is 5.96. The van der Waals surface area contributed by atoms with Crippen LogP contribution >= 0.6 is 0 Å². The van der Waals surface area contributed by atoms with E-state index in [0.717, 1.165) is 53.3 Å². The van der Waals surface area contributed by atoms with Gasteiger partial charge in [-0.3, -0.25) is 4.79 Å². The molecule has 2 N–H and O–H groups in total. The monoisotopic (exact) mass is 501 g/mol. The van der Waals surface area contributed by atoms with Crippen LogP contribution in [0.1, 0.15) is 62.4 Å². The minimum Gasteiger partial charge on any atom is -0.444 e. The van der Waals surface area contributed by atoms with E-state index in [4.69, 9.17) is 9.72 Å². The van der Waals surface area contributed by atoms with Gasteiger partial charge in [0.2, 0.25) is 5.95 Å². The molecule has 194 valence electrons. The highest BCUT2D eigenvalue weighted by atomic mass is 16.6. The quantitative estimate of drug-likeness (QED) is 0.492. The molecule has 8 nitrogen and oxygen atoms in total. The summed E-state index contributed by atoms with van der Waals surface area (Å²) in [6.07, 6.45) is 5.50. The summed E-state index contributed by atoms with van der Waals surface area (Å²) in [6, 6.07) is 12.3. The van der Waals surface area contributed by atoms with Crippen LogP contribution in [0.25, 0.3) is 22.0 Å². The number of hydrogen-bond acceptors (Lipinski definition) is 6. The fourth-order valence-corrected chi connectivity index (χ4v) is 4.61. The molecule has 0 bridgehead atoms. The van der Waals surface area contributed by atoms with Crippen LogP contribution in [0.2, 0.25) is 0 Å². The molecule has 8 heteroatoms. The number of hydrogen-bond donors (Lipinski definition) is 2. The van der Waals surface area contributed by atoms with E-state index in [2.05, 4.69) is 28.6 Å². The molecule has 1 saturated carbocycles. The lowest BCUT2D eigenvalue weighted by atomic mass is 9.97. The van der Waals surface area contributed by atoms with Crippen molar-refractivity contribution >= 4 is 28.9 Å². The van der Waals surface area contributed by atoms with Crippen LogP contribution in [-0.4, -0.2) is 57.6 Å². The molecule has 2 aromatic carbocycles. The summed E-state index contributed by atoms with van der Waals surface area (Å²) in [5.74, 6) is 0.530. The van der Waals surface area contributed by atoms with Gasteiger partial charge in [-0.15, -0.1) is 0 Å². The van der Waals surface area contributed by atoms with Crippen LogP contribution in [0.4, 0.5) is 10.7 Å². The fraction of sp³-hybridized carbons (Fsp3) is 0.448. The van der Waals surface area contributed by atoms with Crippen LogP contribution in [0, 0.1) is 6.92 Å². The molecule has 1 saturated heterocycles. The number of benzene rings is 2. The largest absolute Gasteiger partial charge is 0.444 e. The van der Waals surface area contributed by atoms with Crippen molar-refractivity contribution in [3.05, 3.63) is 53.7 Å². The molecule has 1 aliphatic heterocycles. The molecule has 1 unspecified atom stereocenters. The summed E-state index contributed by atoms with van der Waals surface area (Å²) in [4.78, 5) is 36.1. The SMILES string of the molecule is Cc1ccc(C(=O)NC2CC2)cc1-c1ccc2nc(NC3CCCN(C(=O)OC(C)(C)C)C3)ncc2c1. The molecular weight excluding hydrogens is 466 g/mol. The van der Waals surface area contributed by atoms with Gasteiger partial charge in [0, 0.05) is 42.3 Å². The van der Waals surface area contributed by atoms with Crippen molar-refractivity contribution < 1.29 is 14.3 Å². The Kier molecular flexibility index (Phi) is 6.75. The number of nitrogens with zero attached hydrogens (tertiary/aromatic N) is 3. The number of piperidine rings is 1. The van der Waals surface area contributed by atoms with E-state index in [9.17, 15) is 9.59 Å². The number of carbonyl (C=O) groups excluding carboxylic acids is 2. The Balaban J connectivity index is 1.30. The van der Waals surface area contributed by atoms with Gasteiger partial charge in [0.25, 0.3) is 5.91 Å².